The van der Waals surface area contributed by atoms with Crippen LogP contribution in [0.4, 0.5) is 5.69 Å². The van der Waals surface area contributed by atoms with Crippen molar-refractivity contribution in [3.05, 3.63) is 47.5 Å². The first-order chi connectivity index (χ1) is 16.2. The first-order valence-corrected chi connectivity index (χ1v) is 10.3. The number of nitrogens with one attached hydrogen (secondary N) is 1. The number of hydrogen-bond acceptors (Lipinski definition) is 7. The number of rotatable bonds is 8. The van der Waals surface area contributed by atoms with Crippen molar-refractivity contribution in [2.45, 2.75) is 6.54 Å². The van der Waals surface area contributed by atoms with E-state index < -0.39 is 0 Å². The van der Waals surface area contributed by atoms with Crippen LogP contribution in [0, 0.1) is 0 Å². The molecular formula is C23H31N7O4. The smallest absolute Gasteiger partial charge is 0.257 e. The summed E-state index contributed by atoms with van der Waals surface area (Å²) >= 11 is 0. The standard InChI is InChI=1S/C23H31N7O4/c1-26-21(24)22(25)29-19(13-27-12-14-9-10-17(33-4)18(11-14)34-5)28-16-8-6-7-15(20(16)31)23(32)30(2)3/h6-11,27,31H,12-13H2,1-5H3,(H2,24,26)(H2,25,28,29). The fraction of sp³-hybridized carbons (Fsp3) is 0.304. The second-order valence-electron chi connectivity index (χ2n) is 7.30. The number of aromatic hydroxyl groups is 1. The molecule has 6 N–H and O–H groups in total. The van der Waals surface area contributed by atoms with Crippen LogP contribution < -0.4 is 26.3 Å². The molecule has 34 heavy (non-hydrogen) atoms. The summed E-state index contributed by atoms with van der Waals surface area (Å²) in [5.41, 5.74) is 12.9. The van der Waals surface area contributed by atoms with Gasteiger partial charge in [-0.3, -0.25) is 9.79 Å². The molecule has 0 saturated heterocycles. The molecule has 182 valence electrons. The van der Waals surface area contributed by atoms with E-state index in [1.165, 1.54) is 18.0 Å². The van der Waals surface area contributed by atoms with Gasteiger partial charge >= 0.3 is 0 Å². The lowest BCUT2D eigenvalue weighted by molar-refractivity contribution is 0.0824. The van der Waals surface area contributed by atoms with Crippen LogP contribution >= 0.6 is 0 Å². The van der Waals surface area contributed by atoms with Gasteiger partial charge in [0, 0.05) is 27.7 Å². The number of carbonyl (C=O) groups is 1. The van der Waals surface area contributed by atoms with E-state index >= 15 is 0 Å². The van der Waals surface area contributed by atoms with Gasteiger partial charge in [-0.25, -0.2) is 9.98 Å². The lowest BCUT2D eigenvalue weighted by atomic mass is 10.1. The van der Waals surface area contributed by atoms with Crippen molar-refractivity contribution >= 4 is 29.1 Å². The third-order valence-electron chi connectivity index (χ3n) is 4.71. The average molecular weight is 470 g/mol. The highest BCUT2D eigenvalue weighted by molar-refractivity contribution is 6.40. The van der Waals surface area contributed by atoms with E-state index in [9.17, 15) is 9.90 Å². The molecule has 0 heterocycles. The van der Waals surface area contributed by atoms with Crippen LogP contribution in [-0.2, 0) is 6.54 Å². The zero-order chi connectivity index (χ0) is 25.3. The minimum atomic E-state index is -0.354. The van der Waals surface area contributed by atoms with E-state index in [0.29, 0.717) is 18.0 Å². The van der Waals surface area contributed by atoms with E-state index in [-0.39, 0.29) is 47.0 Å². The number of phenolic OH excluding ortho intramolecular Hbond substituents is 1. The first-order valence-electron chi connectivity index (χ1n) is 10.3. The van der Waals surface area contributed by atoms with Crippen LogP contribution in [-0.4, -0.2) is 75.3 Å². The lowest BCUT2D eigenvalue weighted by Crippen LogP contribution is -2.33. The van der Waals surface area contributed by atoms with E-state index in [2.05, 4.69) is 20.3 Å². The van der Waals surface area contributed by atoms with E-state index in [4.69, 9.17) is 20.9 Å². The molecular weight excluding hydrogens is 438 g/mol. The number of amides is 1. The third kappa shape index (κ3) is 6.69. The Morgan fingerprint density at radius 1 is 1.09 bits per heavy atom. The summed E-state index contributed by atoms with van der Waals surface area (Å²) in [6.45, 7) is 0.634. The number of para-hydroxylation sites is 1. The Kier molecular flexibility index (Phi) is 9.38. The van der Waals surface area contributed by atoms with E-state index in [1.54, 1.807) is 40.4 Å². The van der Waals surface area contributed by atoms with Crippen molar-refractivity contribution in [1.29, 1.82) is 0 Å². The predicted octanol–water partition coefficient (Wildman–Crippen LogP) is 1.28. The second-order valence-corrected chi connectivity index (χ2v) is 7.30. The van der Waals surface area contributed by atoms with Crippen LogP contribution in [0.1, 0.15) is 15.9 Å². The van der Waals surface area contributed by atoms with Gasteiger partial charge in [-0.15, -0.1) is 0 Å². The quantitative estimate of drug-likeness (QED) is 0.334. The number of methoxy groups -OCH3 is 2. The van der Waals surface area contributed by atoms with Crippen LogP contribution in [0.15, 0.2) is 51.4 Å². The fourth-order valence-corrected chi connectivity index (χ4v) is 2.90. The second kappa shape index (κ2) is 12.2. The Labute approximate surface area is 198 Å². The van der Waals surface area contributed by atoms with Crippen molar-refractivity contribution in [3.8, 4) is 17.2 Å². The molecule has 0 spiro atoms. The largest absolute Gasteiger partial charge is 0.505 e. The van der Waals surface area contributed by atoms with Crippen LogP contribution in [0.25, 0.3) is 0 Å². The summed E-state index contributed by atoms with van der Waals surface area (Å²) in [4.78, 5) is 26.2. The molecule has 2 rings (SSSR count). The van der Waals surface area contributed by atoms with Crippen LogP contribution in [0.5, 0.6) is 17.2 Å². The predicted molar refractivity (Wildman–Crippen MR) is 134 cm³/mol. The summed E-state index contributed by atoms with van der Waals surface area (Å²) in [5, 5.41) is 13.8. The molecule has 2 aromatic carbocycles. The highest BCUT2D eigenvalue weighted by Crippen LogP contribution is 2.31. The summed E-state index contributed by atoms with van der Waals surface area (Å²) in [5.74, 6) is 0.884. The number of hydrogen-bond donors (Lipinski definition) is 4. The Hall–Kier alpha value is -4.12. The molecule has 0 unspecified atom stereocenters. The highest BCUT2D eigenvalue weighted by Gasteiger charge is 2.16. The van der Waals surface area contributed by atoms with Crippen molar-refractivity contribution in [1.82, 2.24) is 10.2 Å². The number of benzene rings is 2. The Bertz CT molecular complexity index is 1110. The molecule has 11 heteroatoms. The normalized spacial score (nSPS) is 12.4. The minimum Gasteiger partial charge on any atom is -0.505 e. The Morgan fingerprint density at radius 3 is 2.41 bits per heavy atom. The van der Waals surface area contributed by atoms with Gasteiger partial charge < -0.3 is 36.3 Å². The molecule has 0 atom stereocenters. The van der Waals surface area contributed by atoms with Gasteiger partial charge in [-0.05, 0) is 29.8 Å². The number of nitrogens with zero attached hydrogens (tertiary/aromatic N) is 4. The molecule has 0 aliphatic rings. The highest BCUT2D eigenvalue weighted by atomic mass is 16.5. The summed E-state index contributed by atoms with van der Waals surface area (Å²) in [6.07, 6.45) is 0. The molecule has 0 aliphatic carbocycles. The molecule has 0 aromatic heterocycles. The maximum absolute atomic E-state index is 12.3. The van der Waals surface area contributed by atoms with Gasteiger partial charge in [0.15, 0.2) is 28.9 Å². The fourth-order valence-electron chi connectivity index (χ4n) is 2.90. The molecule has 0 aliphatic heterocycles. The van der Waals surface area contributed by atoms with Gasteiger partial charge in [-0.2, -0.15) is 0 Å². The van der Waals surface area contributed by atoms with Crippen LogP contribution in [0.3, 0.4) is 0 Å². The molecule has 0 fully saturated rings. The van der Waals surface area contributed by atoms with Gasteiger partial charge in [0.05, 0.1) is 26.3 Å². The minimum absolute atomic E-state index is 0.0193. The van der Waals surface area contributed by atoms with Crippen molar-refractivity contribution < 1.29 is 19.4 Å². The Morgan fingerprint density at radius 2 is 1.79 bits per heavy atom. The number of amidine groups is 3. The Balaban J connectivity index is 2.34. The molecule has 0 radical (unpaired) electrons. The number of ether oxygens (including phenoxy) is 2. The first kappa shape index (κ1) is 26.1. The van der Waals surface area contributed by atoms with Crippen LogP contribution in [0.2, 0.25) is 0 Å². The topological polar surface area (TPSA) is 160 Å². The number of carbonyl (C=O) groups excluding carboxylic acids is 1. The third-order valence-corrected chi connectivity index (χ3v) is 4.71. The monoisotopic (exact) mass is 469 g/mol. The van der Waals surface area contributed by atoms with Gasteiger partial charge in [0.25, 0.3) is 5.91 Å². The molecule has 2 aromatic rings. The lowest BCUT2D eigenvalue weighted by Gasteiger charge is -2.13. The SMILES string of the molecule is CN=C(N)C(N)=NC(CNCc1ccc(OC)c(OC)c1)=Nc1cccc(C(=O)N(C)C)c1O. The summed E-state index contributed by atoms with van der Waals surface area (Å²) < 4.78 is 10.6. The van der Waals surface area contributed by atoms with Crippen molar-refractivity contribution in [2.75, 3.05) is 41.9 Å². The maximum Gasteiger partial charge on any atom is 0.257 e. The van der Waals surface area contributed by atoms with Gasteiger partial charge in [0.1, 0.15) is 11.5 Å². The molecule has 0 bridgehead atoms. The number of aliphatic imine (C=N–C) groups is 3. The summed E-state index contributed by atoms with van der Waals surface area (Å²) in [7, 11) is 7.82. The van der Waals surface area contributed by atoms with Crippen molar-refractivity contribution in [3.63, 3.8) is 0 Å². The molecule has 0 saturated carbocycles. The van der Waals surface area contributed by atoms with Crippen molar-refractivity contribution in [2.24, 2.45) is 26.4 Å². The number of phenols is 1. The zero-order valence-corrected chi connectivity index (χ0v) is 20.0. The van der Waals surface area contributed by atoms with E-state index in [1.807, 2.05) is 18.2 Å². The molecule has 11 nitrogen and oxygen atoms in total. The number of nitrogens with two attached hydrogens (primary N) is 2. The molecule has 1 amide bonds. The zero-order valence-electron chi connectivity index (χ0n) is 20.0. The summed E-state index contributed by atoms with van der Waals surface area (Å²) in [6, 6.07) is 10.3. The van der Waals surface area contributed by atoms with Gasteiger partial charge in [0.2, 0.25) is 0 Å². The van der Waals surface area contributed by atoms with Gasteiger partial charge in [-0.1, -0.05) is 12.1 Å². The average Bonchev–Trinajstić information content (AvgIpc) is 2.83. The maximum atomic E-state index is 12.3. The van der Waals surface area contributed by atoms with E-state index in [0.717, 1.165) is 5.56 Å².